The van der Waals surface area contributed by atoms with Crippen molar-refractivity contribution in [2.45, 2.75) is 26.4 Å². The van der Waals surface area contributed by atoms with Crippen LogP contribution in [0.4, 0.5) is 0 Å². The molecular weight excluding hydrogens is 151 g/mol. The molecule has 0 aliphatic rings. The van der Waals surface area contributed by atoms with Crippen LogP contribution in [0.1, 0.15) is 20.3 Å². The third-order valence-electron chi connectivity index (χ3n) is 0.591. The van der Waals surface area contributed by atoms with Crippen LogP contribution < -0.4 is 0 Å². The van der Waals surface area contributed by atoms with Crippen molar-refractivity contribution in [2.75, 3.05) is 0 Å². The highest BCUT2D eigenvalue weighted by atomic mass is 35.6. The summed E-state index contributed by atoms with van der Waals surface area (Å²) < 4.78 is 3.19. The zero-order valence-corrected chi connectivity index (χ0v) is 6.41. The van der Waals surface area contributed by atoms with Crippen molar-refractivity contribution in [3.63, 3.8) is 0 Å². The first-order valence-electron chi connectivity index (χ1n) is 2.26. The van der Waals surface area contributed by atoms with Gasteiger partial charge in [-0.15, -0.1) is 0 Å². The second kappa shape index (κ2) is 10.5. The normalized spacial score (nSPS) is 11.6. The van der Waals surface area contributed by atoms with Crippen LogP contribution in [0, 0.1) is 0 Å². The summed E-state index contributed by atoms with van der Waals surface area (Å²) >= 11 is 8.53. The van der Waals surface area contributed by atoms with Crippen molar-refractivity contribution in [3.8, 4) is 0 Å². The molecule has 0 aliphatic heterocycles. The molecular formula is C4H10Cl2O2. The van der Waals surface area contributed by atoms with Crippen LogP contribution in [0.15, 0.2) is 0 Å². The minimum absolute atomic E-state index is 0.116. The van der Waals surface area contributed by atoms with Crippen LogP contribution in [0.2, 0.25) is 0 Å². The van der Waals surface area contributed by atoms with Crippen LogP contribution in [0.3, 0.4) is 0 Å². The van der Waals surface area contributed by atoms with Crippen molar-refractivity contribution >= 4 is 23.7 Å². The number of aliphatic hydroxyl groups excluding tert-OH is 1. The molecule has 0 aromatic carbocycles. The quantitative estimate of drug-likeness (QED) is 0.637. The minimum atomic E-state index is -0.116. The highest BCUT2D eigenvalue weighted by molar-refractivity contribution is 6.24. The summed E-state index contributed by atoms with van der Waals surface area (Å²) in [4.78, 5) is 0. The van der Waals surface area contributed by atoms with Gasteiger partial charge in [-0.3, -0.25) is 0 Å². The van der Waals surface area contributed by atoms with E-state index in [4.69, 9.17) is 5.11 Å². The van der Waals surface area contributed by atoms with E-state index in [0.29, 0.717) is 0 Å². The molecule has 8 heavy (non-hydrogen) atoms. The standard InChI is InChI=1S/C4H10O.Cl2O/c1-3-4(2)5;1-3-2/h4-5H,3H2,1-2H3;. The van der Waals surface area contributed by atoms with E-state index in [0.717, 1.165) is 6.42 Å². The van der Waals surface area contributed by atoms with Gasteiger partial charge in [0.1, 0.15) is 0 Å². The molecule has 0 aromatic heterocycles. The lowest BCUT2D eigenvalue weighted by Gasteiger charge is -1.90. The maximum absolute atomic E-state index is 8.36. The molecule has 1 atom stereocenters. The molecule has 2 nitrogen and oxygen atoms in total. The van der Waals surface area contributed by atoms with Gasteiger partial charge in [-0.05, 0) is 13.3 Å². The van der Waals surface area contributed by atoms with Crippen LogP contribution in [-0.4, -0.2) is 11.2 Å². The zero-order chi connectivity index (χ0) is 6.99. The van der Waals surface area contributed by atoms with Crippen LogP contribution in [0.25, 0.3) is 0 Å². The van der Waals surface area contributed by atoms with Gasteiger partial charge in [-0.25, -0.2) is 0 Å². The Hall–Kier alpha value is 0.500. The molecule has 52 valence electrons. The van der Waals surface area contributed by atoms with Crippen molar-refractivity contribution in [1.82, 2.24) is 0 Å². The van der Waals surface area contributed by atoms with E-state index < -0.39 is 0 Å². The van der Waals surface area contributed by atoms with E-state index >= 15 is 0 Å². The first-order valence-corrected chi connectivity index (χ1v) is 2.88. The summed E-state index contributed by atoms with van der Waals surface area (Å²) in [5, 5.41) is 8.36. The molecule has 0 saturated heterocycles. The molecule has 4 heteroatoms. The fourth-order valence-electron chi connectivity index (χ4n) is 0. The second-order valence-corrected chi connectivity index (χ2v) is 1.78. The fraction of sp³-hybridized carbons (Fsp3) is 1.00. The molecule has 1 N–H and O–H groups in total. The summed E-state index contributed by atoms with van der Waals surface area (Å²) in [6.07, 6.45) is 0.745. The summed E-state index contributed by atoms with van der Waals surface area (Å²) in [5.41, 5.74) is 0. The number of halogens is 2. The third-order valence-corrected chi connectivity index (χ3v) is 0.591. The number of rotatable bonds is 1. The molecule has 0 amide bonds. The van der Waals surface area contributed by atoms with Crippen LogP contribution >= 0.6 is 23.7 Å². The lowest BCUT2D eigenvalue weighted by atomic mass is 10.3. The van der Waals surface area contributed by atoms with Gasteiger partial charge in [0, 0.05) is 0 Å². The average Bonchev–Trinajstić information content (AvgIpc) is 1.69. The lowest BCUT2D eigenvalue weighted by Crippen LogP contribution is -1.93. The van der Waals surface area contributed by atoms with Gasteiger partial charge >= 0.3 is 0 Å². The molecule has 0 rings (SSSR count). The summed E-state index contributed by atoms with van der Waals surface area (Å²) in [7, 11) is 0. The molecule has 0 aliphatic carbocycles. The Morgan fingerprint density at radius 3 is 1.75 bits per heavy atom. The molecule has 0 saturated carbocycles. The monoisotopic (exact) mass is 160 g/mol. The van der Waals surface area contributed by atoms with E-state index in [1.54, 1.807) is 6.92 Å². The van der Waals surface area contributed by atoms with Crippen molar-refractivity contribution < 1.29 is 8.95 Å². The van der Waals surface area contributed by atoms with Gasteiger partial charge in [-0.1, -0.05) is 6.92 Å². The van der Waals surface area contributed by atoms with Crippen LogP contribution in [0.5, 0.6) is 0 Å². The number of aliphatic hydroxyl groups is 1. The number of hydrogen-bond acceptors (Lipinski definition) is 2. The topological polar surface area (TPSA) is 29.5 Å². The predicted molar refractivity (Wildman–Crippen MR) is 34.8 cm³/mol. The van der Waals surface area contributed by atoms with Gasteiger partial charge < -0.3 is 5.11 Å². The Morgan fingerprint density at radius 2 is 1.75 bits per heavy atom. The zero-order valence-electron chi connectivity index (χ0n) is 4.90. The van der Waals surface area contributed by atoms with Gasteiger partial charge in [0.15, 0.2) is 0 Å². The van der Waals surface area contributed by atoms with E-state index in [9.17, 15) is 0 Å². The summed E-state index contributed by atoms with van der Waals surface area (Å²) in [6, 6.07) is 0. The fourth-order valence-corrected chi connectivity index (χ4v) is 0. The lowest BCUT2D eigenvalue weighted by molar-refractivity contribution is 0.191. The van der Waals surface area contributed by atoms with Crippen LogP contribution in [-0.2, 0) is 3.84 Å². The first-order chi connectivity index (χ1) is 3.68. The summed E-state index contributed by atoms with van der Waals surface area (Å²) in [6.45, 7) is 3.73. The molecule has 0 radical (unpaired) electrons. The summed E-state index contributed by atoms with van der Waals surface area (Å²) in [5.74, 6) is 0. The predicted octanol–water partition coefficient (Wildman–Crippen LogP) is 2.09. The van der Waals surface area contributed by atoms with Gasteiger partial charge in [0.2, 0.25) is 0 Å². The number of hydrogen-bond donors (Lipinski definition) is 1. The maximum atomic E-state index is 8.36. The third kappa shape index (κ3) is 31.5. The van der Waals surface area contributed by atoms with Crippen molar-refractivity contribution in [3.05, 3.63) is 0 Å². The Bertz CT molecular complexity index is 33.2. The first kappa shape index (κ1) is 11.3. The van der Waals surface area contributed by atoms with E-state index in [2.05, 4.69) is 27.6 Å². The highest BCUT2D eigenvalue weighted by Gasteiger charge is 1.81. The average molecular weight is 161 g/mol. The molecule has 0 heterocycles. The minimum Gasteiger partial charge on any atom is -0.393 e. The van der Waals surface area contributed by atoms with Gasteiger partial charge in [0.05, 0.1) is 29.8 Å². The molecule has 0 bridgehead atoms. The molecule has 0 fully saturated rings. The largest absolute Gasteiger partial charge is 0.393 e. The molecule has 0 aromatic rings. The Morgan fingerprint density at radius 1 is 1.62 bits per heavy atom. The SMILES string of the molecule is CCC(C)O.ClOCl. The van der Waals surface area contributed by atoms with E-state index in [-0.39, 0.29) is 6.10 Å². The van der Waals surface area contributed by atoms with Gasteiger partial charge in [-0.2, -0.15) is 3.84 Å². The molecule has 1 unspecified atom stereocenters. The highest BCUT2D eigenvalue weighted by Crippen LogP contribution is 1.81. The maximum Gasteiger partial charge on any atom is 0.0832 e. The Balaban J connectivity index is 0. The van der Waals surface area contributed by atoms with Gasteiger partial charge in [0.25, 0.3) is 0 Å². The molecule has 0 spiro atoms. The second-order valence-electron chi connectivity index (χ2n) is 1.32. The van der Waals surface area contributed by atoms with E-state index in [1.807, 2.05) is 6.92 Å². The van der Waals surface area contributed by atoms with Crippen molar-refractivity contribution in [2.24, 2.45) is 0 Å². The Labute approximate surface area is 59.7 Å². The van der Waals surface area contributed by atoms with E-state index in [1.165, 1.54) is 0 Å². The Kier molecular flexibility index (Phi) is 14.8. The smallest absolute Gasteiger partial charge is 0.0832 e. The van der Waals surface area contributed by atoms with Crippen molar-refractivity contribution in [1.29, 1.82) is 0 Å².